The van der Waals surface area contributed by atoms with Crippen LogP contribution in [0.15, 0.2) is 52.0 Å². The number of aromatic nitrogens is 2. The minimum atomic E-state index is -0.0852. The van der Waals surface area contributed by atoms with Crippen LogP contribution >= 0.6 is 15.9 Å². The van der Waals surface area contributed by atoms with E-state index in [1.165, 1.54) is 0 Å². The van der Waals surface area contributed by atoms with E-state index in [0.717, 1.165) is 16.5 Å². The Morgan fingerprint density at radius 2 is 2.04 bits per heavy atom. The van der Waals surface area contributed by atoms with Gasteiger partial charge in [0.1, 0.15) is 0 Å². The molecular weight excluding hydrogens is 356 g/mol. The van der Waals surface area contributed by atoms with Crippen molar-refractivity contribution < 1.29 is 5.11 Å². The van der Waals surface area contributed by atoms with Gasteiger partial charge in [0, 0.05) is 17.1 Å². The Morgan fingerprint density at radius 3 is 2.74 bits per heavy atom. The molecule has 1 unspecified atom stereocenters. The zero-order chi connectivity index (χ0) is 16.8. The van der Waals surface area contributed by atoms with Gasteiger partial charge in [0.2, 0.25) is 0 Å². The van der Waals surface area contributed by atoms with E-state index >= 15 is 0 Å². The summed E-state index contributed by atoms with van der Waals surface area (Å²) < 4.78 is 2.44. The first-order chi connectivity index (χ1) is 11.1. The Bertz CT molecular complexity index is 801. The molecule has 0 aliphatic heterocycles. The SMILES string of the molecule is CCC(CCO)n1cnc2c(C)cccccc(Br)cc2c1=O. The maximum absolute atomic E-state index is 12.9. The predicted octanol–water partition coefficient (Wildman–Crippen LogP) is 3.93. The summed E-state index contributed by atoms with van der Waals surface area (Å²) in [5.41, 5.74) is 1.53. The second-order valence-electron chi connectivity index (χ2n) is 5.42. The lowest BCUT2D eigenvalue weighted by atomic mass is 10.1. The topological polar surface area (TPSA) is 55.1 Å². The molecule has 2 aromatic rings. The molecule has 23 heavy (non-hydrogen) atoms. The van der Waals surface area contributed by atoms with Crippen molar-refractivity contribution in [3.05, 3.63) is 63.1 Å². The minimum absolute atomic E-state index is 0.0485. The van der Waals surface area contributed by atoms with Crippen LogP contribution in [-0.2, 0) is 0 Å². The lowest BCUT2D eigenvalue weighted by Crippen LogP contribution is -2.25. The first-order valence-corrected chi connectivity index (χ1v) is 8.49. The maximum atomic E-state index is 12.9. The summed E-state index contributed by atoms with van der Waals surface area (Å²) in [4.78, 5) is 17.5. The number of aliphatic hydroxyl groups is 1. The molecule has 0 aliphatic rings. The summed E-state index contributed by atoms with van der Waals surface area (Å²) in [6.07, 6.45) is 2.90. The molecule has 4 nitrogen and oxygen atoms in total. The predicted molar refractivity (Wildman–Crippen MR) is 97.1 cm³/mol. The van der Waals surface area contributed by atoms with E-state index in [-0.39, 0.29) is 18.2 Å². The lowest BCUT2D eigenvalue weighted by molar-refractivity contribution is 0.252. The van der Waals surface area contributed by atoms with Crippen LogP contribution in [0, 0.1) is 6.92 Å². The number of aryl methyl sites for hydroxylation is 1. The van der Waals surface area contributed by atoms with Gasteiger partial charge in [0.25, 0.3) is 5.56 Å². The van der Waals surface area contributed by atoms with Crippen LogP contribution in [0.4, 0.5) is 0 Å². The van der Waals surface area contributed by atoms with E-state index in [0.29, 0.717) is 17.3 Å². The molecule has 5 heteroatoms. The number of nitrogens with zero attached hydrogens (tertiary/aromatic N) is 2. The largest absolute Gasteiger partial charge is 0.396 e. The van der Waals surface area contributed by atoms with Gasteiger partial charge in [-0.25, -0.2) is 4.98 Å². The molecule has 1 N–H and O–H groups in total. The molecule has 0 bridgehead atoms. The molecule has 1 aromatic carbocycles. The molecule has 1 aromatic heterocycles. The highest BCUT2D eigenvalue weighted by Crippen LogP contribution is 2.17. The van der Waals surface area contributed by atoms with Crippen molar-refractivity contribution in [3.63, 3.8) is 0 Å². The molecule has 0 spiro atoms. The summed E-state index contributed by atoms with van der Waals surface area (Å²) in [5, 5.41) is 9.77. The van der Waals surface area contributed by atoms with Gasteiger partial charge in [-0.3, -0.25) is 9.36 Å². The monoisotopic (exact) mass is 376 g/mol. The van der Waals surface area contributed by atoms with Crippen LogP contribution in [0.1, 0.15) is 31.4 Å². The average Bonchev–Trinajstić information content (AvgIpc) is 2.54. The Kier molecular flexibility index (Phi) is 6.30. The smallest absolute Gasteiger partial charge is 0.261 e. The summed E-state index contributed by atoms with van der Waals surface area (Å²) >= 11 is 3.47. The van der Waals surface area contributed by atoms with E-state index in [1.807, 2.05) is 44.2 Å². The molecule has 2 rings (SSSR count). The number of rotatable bonds is 4. The van der Waals surface area contributed by atoms with Gasteiger partial charge < -0.3 is 5.11 Å². The summed E-state index contributed by atoms with van der Waals surface area (Å²) in [6.45, 7) is 4.00. The fourth-order valence-electron chi connectivity index (χ4n) is 2.55. The molecule has 0 fully saturated rings. The fourth-order valence-corrected chi connectivity index (χ4v) is 2.93. The normalized spacial score (nSPS) is 12.0. The van der Waals surface area contributed by atoms with Crippen molar-refractivity contribution >= 4 is 26.8 Å². The van der Waals surface area contributed by atoms with Gasteiger partial charge in [-0.2, -0.15) is 0 Å². The highest BCUT2D eigenvalue weighted by atomic mass is 79.9. The van der Waals surface area contributed by atoms with E-state index in [1.54, 1.807) is 17.0 Å². The van der Waals surface area contributed by atoms with Crippen LogP contribution in [0.2, 0.25) is 0 Å². The van der Waals surface area contributed by atoms with Gasteiger partial charge in [0.15, 0.2) is 0 Å². The van der Waals surface area contributed by atoms with E-state index < -0.39 is 0 Å². The van der Waals surface area contributed by atoms with Crippen molar-refractivity contribution in [1.82, 2.24) is 9.55 Å². The molecule has 122 valence electrons. The lowest BCUT2D eigenvalue weighted by Gasteiger charge is -2.17. The Balaban J connectivity index is 2.85. The zero-order valence-corrected chi connectivity index (χ0v) is 15.0. The third-order valence-corrected chi connectivity index (χ3v) is 4.33. The third kappa shape index (κ3) is 4.18. The Labute approximate surface area is 144 Å². The second-order valence-corrected chi connectivity index (χ2v) is 6.33. The number of fused-ring (bicyclic) bond motifs is 1. The highest BCUT2D eigenvalue weighted by molar-refractivity contribution is 9.10. The molecule has 0 saturated heterocycles. The standard InChI is InChI=1S/C18H21BrN2O2/c1-3-15(9-10-22)21-12-20-17-13(2)7-5-4-6-8-14(19)11-16(17)18(21)23/h4-8,11-12,15,22H,3,9-10H2,1-2H3. The summed E-state index contributed by atoms with van der Waals surface area (Å²) in [6, 6.07) is 11.3. The average molecular weight is 377 g/mol. The molecular formula is C18H21BrN2O2. The van der Waals surface area contributed by atoms with Crippen LogP contribution in [-0.4, -0.2) is 21.3 Å². The van der Waals surface area contributed by atoms with E-state index in [4.69, 9.17) is 0 Å². The van der Waals surface area contributed by atoms with E-state index in [9.17, 15) is 9.90 Å². The van der Waals surface area contributed by atoms with Gasteiger partial charge >= 0.3 is 0 Å². The number of hydrogen-bond donors (Lipinski definition) is 1. The molecule has 1 heterocycles. The number of aliphatic hydroxyl groups excluding tert-OH is 1. The van der Waals surface area contributed by atoms with Crippen LogP contribution in [0.5, 0.6) is 0 Å². The first-order valence-electron chi connectivity index (χ1n) is 7.69. The van der Waals surface area contributed by atoms with Gasteiger partial charge in [-0.05, 0) is 37.5 Å². The quantitative estimate of drug-likeness (QED) is 0.879. The number of hydrogen-bond acceptors (Lipinski definition) is 3. The Morgan fingerprint density at radius 1 is 1.30 bits per heavy atom. The second kappa shape index (κ2) is 8.22. The highest BCUT2D eigenvalue weighted by Gasteiger charge is 2.12. The molecule has 0 saturated carbocycles. The van der Waals surface area contributed by atoms with Gasteiger partial charge in [-0.15, -0.1) is 0 Å². The molecule has 0 aliphatic carbocycles. The van der Waals surface area contributed by atoms with Crippen LogP contribution in [0.3, 0.4) is 0 Å². The molecule has 0 radical (unpaired) electrons. The van der Waals surface area contributed by atoms with Crippen molar-refractivity contribution in [3.8, 4) is 0 Å². The Hall–Kier alpha value is -1.72. The molecule has 0 amide bonds. The summed E-state index contributed by atoms with van der Waals surface area (Å²) in [5.74, 6) is 0. The fraction of sp³-hybridized carbons (Fsp3) is 0.333. The van der Waals surface area contributed by atoms with Gasteiger partial charge in [-0.1, -0.05) is 47.1 Å². The third-order valence-electron chi connectivity index (χ3n) is 3.84. The molecule has 1 atom stereocenters. The number of halogens is 1. The first kappa shape index (κ1) is 17.6. The van der Waals surface area contributed by atoms with Crippen LogP contribution < -0.4 is 5.56 Å². The summed E-state index contributed by atoms with van der Waals surface area (Å²) in [7, 11) is 0. The van der Waals surface area contributed by atoms with Crippen molar-refractivity contribution in [2.45, 2.75) is 32.7 Å². The van der Waals surface area contributed by atoms with Crippen LogP contribution in [0.25, 0.3) is 10.9 Å². The van der Waals surface area contributed by atoms with E-state index in [2.05, 4.69) is 20.9 Å². The van der Waals surface area contributed by atoms with Crippen molar-refractivity contribution in [2.24, 2.45) is 0 Å². The maximum Gasteiger partial charge on any atom is 0.261 e. The zero-order valence-electron chi connectivity index (χ0n) is 13.4. The van der Waals surface area contributed by atoms with Gasteiger partial charge in [0.05, 0.1) is 17.2 Å². The van der Waals surface area contributed by atoms with Crippen molar-refractivity contribution in [2.75, 3.05) is 6.61 Å². The van der Waals surface area contributed by atoms with Crippen molar-refractivity contribution in [1.29, 1.82) is 0 Å². The minimum Gasteiger partial charge on any atom is -0.396 e.